The van der Waals surface area contributed by atoms with Gasteiger partial charge in [0, 0.05) is 23.0 Å². The molecule has 1 N–H and O–H groups in total. The molecule has 0 bridgehead atoms. The van der Waals surface area contributed by atoms with Crippen LogP contribution in [0.4, 0.5) is 13.2 Å². The highest BCUT2D eigenvalue weighted by molar-refractivity contribution is 7.89. The smallest absolute Gasteiger partial charge is 0.416 e. The second-order valence-corrected chi connectivity index (χ2v) is 9.98. The fourth-order valence-corrected chi connectivity index (χ4v) is 5.24. The Labute approximate surface area is 193 Å². The Hall–Kier alpha value is -3.37. The molecule has 6 nitrogen and oxygen atoms in total. The van der Waals surface area contributed by atoms with Crippen molar-refractivity contribution >= 4 is 20.9 Å². The third-order valence-electron chi connectivity index (χ3n) is 5.45. The highest BCUT2D eigenvalue weighted by Crippen LogP contribution is 2.32. The molecule has 0 unspecified atom stereocenters. The lowest BCUT2D eigenvalue weighted by Crippen LogP contribution is -2.32. The summed E-state index contributed by atoms with van der Waals surface area (Å²) in [5.41, 5.74) is 1.05. The van der Waals surface area contributed by atoms with E-state index in [1.807, 2.05) is 26.0 Å². The molecule has 0 fully saturated rings. The number of nitrogens with zero attached hydrogens (tertiary/aromatic N) is 1. The summed E-state index contributed by atoms with van der Waals surface area (Å²) in [4.78, 5) is 15.0. The molecule has 4 rings (SSSR count). The average Bonchev–Trinajstić information content (AvgIpc) is 3.26. The topological polar surface area (TPSA) is 83.4 Å². The summed E-state index contributed by atoms with van der Waals surface area (Å²) in [6.45, 7) is 3.14. The van der Waals surface area contributed by atoms with Crippen molar-refractivity contribution in [3.8, 4) is 0 Å². The number of pyridine rings is 1. The van der Waals surface area contributed by atoms with Gasteiger partial charge in [0.15, 0.2) is 0 Å². The predicted octanol–water partition coefficient (Wildman–Crippen LogP) is 5.15. The lowest BCUT2D eigenvalue weighted by Gasteiger charge is -2.22. The van der Waals surface area contributed by atoms with Crippen LogP contribution in [0.25, 0.3) is 10.9 Å². The van der Waals surface area contributed by atoms with Crippen molar-refractivity contribution in [2.45, 2.75) is 38.0 Å². The quantitative estimate of drug-likeness (QED) is 0.405. The first-order valence-corrected chi connectivity index (χ1v) is 11.7. The Kier molecular flexibility index (Phi) is 6.13. The first kappa shape index (κ1) is 23.8. The van der Waals surface area contributed by atoms with E-state index in [1.165, 1.54) is 6.26 Å². The summed E-state index contributed by atoms with van der Waals surface area (Å²) in [5.74, 6) is 0.277. The van der Waals surface area contributed by atoms with Gasteiger partial charge in [-0.05, 0) is 67.4 Å². The van der Waals surface area contributed by atoms with Crippen LogP contribution >= 0.6 is 0 Å². The van der Waals surface area contributed by atoms with Gasteiger partial charge in [-0.25, -0.2) is 8.42 Å². The average molecular weight is 491 g/mol. The number of fused-ring (bicyclic) bond motifs is 1. The Morgan fingerprint density at radius 1 is 1.00 bits per heavy atom. The van der Waals surface area contributed by atoms with Crippen LogP contribution in [-0.4, -0.2) is 17.7 Å². The maximum Gasteiger partial charge on any atom is 0.416 e. The summed E-state index contributed by atoms with van der Waals surface area (Å²) in [5, 5.41) is 0.745. The number of aromatic amines is 1. The maximum absolute atomic E-state index is 13.4. The van der Waals surface area contributed by atoms with Gasteiger partial charge in [-0.3, -0.25) is 4.79 Å². The van der Waals surface area contributed by atoms with Crippen molar-refractivity contribution in [3.63, 3.8) is 0 Å². The van der Waals surface area contributed by atoms with Gasteiger partial charge < -0.3 is 9.40 Å². The van der Waals surface area contributed by atoms with Crippen molar-refractivity contribution < 1.29 is 26.0 Å². The van der Waals surface area contributed by atoms with Crippen LogP contribution in [0.3, 0.4) is 0 Å². The molecule has 0 saturated carbocycles. The number of alkyl halides is 3. The fraction of sp³-hybridized carbons (Fsp3) is 0.208. The third-order valence-corrected chi connectivity index (χ3v) is 7.24. The van der Waals surface area contributed by atoms with Crippen LogP contribution in [0.2, 0.25) is 0 Å². The zero-order valence-electron chi connectivity index (χ0n) is 18.3. The van der Waals surface area contributed by atoms with E-state index >= 15 is 0 Å². The van der Waals surface area contributed by atoms with Gasteiger partial charge in [0.25, 0.3) is 5.56 Å². The molecule has 0 aliphatic carbocycles. The number of H-pyrrole nitrogens is 1. The maximum atomic E-state index is 13.4. The van der Waals surface area contributed by atoms with E-state index in [4.69, 9.17) is 4.42 Å². The van der Waals surface area contributed by atoms with E-state index < -0.39 is 32.2 Å². The van der Waals surface area contributed by atoms with Crippen LogP contribution in [0, 0.1) is 13.8 Å². The van der Waals surface area contributed by atoms with Gasteiger partial charge >= 0.3 is 6.18 Å². The molecule has 2 aromatic heterocycles. The van der Waals surface area contributed by atoms with Crippen molar-refractivity contribution in [1.29, 1.82) is 0 Å². The van der Waals surface area contributed by atoms with Gasteiger partial charge in [0.1, 0.15) is 5.76 Å². The van der Waals surface area contributed by atoms with Gasteiger partial charge in [-0.15, -0.1) is 0 Å². The van der Waals surface area contributed by atoms with Gasteiger partial charge in [0.2, 0.25) is 10.0 Å². The fourth-order valence-electron chi connectivity index (χ4n) is 3.81. The molecule has 10 heteroatoms. The summed E-state index contributed by atoms with van der Waals surface area (Å²) in [7, 11) is -4.42. The third kappa shape index (κ3) is 4.78. The summed E-state index contributed by atoms with van der Waals surface area (Å²) < 4.78 is 72.7. The molecule has 34 heavy (non-hydrogen) atoms. The van der Waals surface area contributed by atoms with E-state index in [1.54, 1.807) is 18.2 Å². The largest absolute Gasteiger partial charge is 0.468 e. The number of aromatic nitrogens is 1. The first-order valence-electron chi connectivity index (χ1n) is 10.3. The lowest BCUT2D eigenvalue weighted by molar-refractivity contribution is -0.137. The molecular weight excluding hydrogens is 469 g/mol. The van der Waals surface area contributed by atoms with Crippen molar-refractivity contribution in [3.05, 3.63) is 99.2 Å². The number of nitrogens with one attached hydrogen (secondary N) is 1. The van der Waals surface area contributed by atoms with Crippen molar-refractivity contribution in [2.75, 3.05) is 0 Å². The molecule has 0 atom stereocenters. The minimum absolute atomic E-state index is 0.154. The number of benzene rings is 2. The summed E-state index contributed by atoms with van der Waals surface area (Å²) in [6, 6.07) is 12.0. The zero-order chi connectivity index (χ0) is 24.7. The molecule has 0 aliphatic rings. The number of rotatable bonds is 6. The Morgan fingerprint density at radius 3 is 2.44 bits per heavy atom. The minimum Gasteiger partial charge on any atom is -0.468 e. The van der Waals surface area contributed by atoms with E-state index in [0.717, 1.165) is 39.0 Å². The zero-order valence-corrected chi connectivity index (χ0v) is 19.1. The monoisotopic (exact) mass is 490 g/mol. The number of hydrogen-bond donors (Lipinski definition) is 1. The number of furan rings is 1. The molecular formula is C24H21F3N2O4S. The number of aryl methyl sites for hydroxylation is 2. The predicted molar refractivity (Wildman–Crippen MR) is 121 cm³/mol. The number of halogens is 3. The molecule has 0 aliphatic heterocycles. The Morgan fingerprint density at radius 2 is 1.76 bits per heavy atom. The molecule has 0 amide bonds. The molecule has 2 heterocycles. The molecule has 2 aromatic carbocycles. The number of hydrogen-bond acceptors (Lipinski definition) is 4. The minimum atomic E-state index is -4.71. The van der Waals surface area contributed by atoms with Gasteiger partial charge in [-0.1, -0.05) is 12.1 Å². The molecule has 0 saturated heterocycles. The molecule has 0 spiro atoms. The van der Waals surface area contributed by atoms with E-state index in [2.05, 4.69) is 4.98 Å². The second kappa shape index (κ2) is 8.77. The highest BCUT2D eigenvalue weighted by atomic mass is 32.2. The molecule has 0 radical (unpaired) electrons. The van der Waals surface area contributed by atoms with E-state index in [9.17, 15) is 26.4 Å². The van der Waals surface area contributed by atoms with E-state index in [-0.39, 0.29) is 24.4 Å². The van der Waals surface area contributed by atoms with Gasteiger partial charge in [0.05, 0.1) is 23.3 Å². The Balaban J connectivity index is 1.80. The van der Waals surface area contributed by atoms with Crippen LogP contribution in [0.15, 0.2) is 75.0 Å². The molecule has 4 aromatic rings. The van der Waals surface area contributed by atoms with Gasteiger partial charge in [-0.2, -0.15) is 17.5 Å². The Bertz CT molecular complexity index is 1510. The van der Waals surface area contributed by atoms with Crippen LogP contribution < -0.4 is 5.56 Å². The summed E-state index contributed by atoms with van der Waals surface area (Å²) in [6.07, 6.45) is -3.35. The SMILES string of the molecule is Cc1cc(C)c2cc(CN(Cc3ccco3)S(=O)(=O)c3cccc(C(F)(F)F)c3)c(=O)[nH]c2c1. The second-order valence-electron chi connectivity index (χ2n) is 8.04. The van der Waals surface area contributed by atoms with Crippen molar-refractivity contribution in [1.82, 2.24) is 9.29 Å². The van der Waals surface area contributed by atoms with Crippen LogP contribution in [0.1, 0.15) is 28.0 Å². The first-order chi connectivity index (χ1) is 15.9. The van der Waals surface area contributed by atoms with Crippen molar-refractivity contribution in [2.24, 2.45) is 0 Å². The number of sulfonamides is 1. The highest BCUT2D eigenvalue weighted by Gasteiger charge is 2.33. The van der Waals surface area contributed by atoms with E-state index in [0.29, 0.717) is 11.6 Å². The summed E-state index contributed by atoms with van der Waals surface area (Å²) >= 11 is 0. The lowest BCUT2D eigenvalue weighted by atomic mass is 10.0. The molecule has 178 valence electrons. The standard InChI is InChI=1S/C24H21F3N2O4S/c1-15-9-16(2)21-11-17(23(30)28-22(21)10-15)13-29(14-19-6-4-8-33-19)34(31,32)20-7-3-5-18(12-20)24(25,26)27/h3-12H,13-14H2,1-2H3,(H,28,30). The van der Waals surface area contributed by atoms with Crippen LogP contribution in [0.5, 0.6) is 0 Å². The normalized spacial score (nSPS) is 12.5. The van der Waals surface area contributed by atoms with Crippen LogP contribution in [-0.2, 0) is 29.3 Å².